The number of ether oxygens (including phenoxy) is 1. The number of benzene rings is 1. The van der Waals surface area contributed by atoms with Gasteiger partial charge < -0.3 is 10.1 Å². The van der Waals surface area contributed by atoms with Gasteiger partial charge in [-0.2, -0.15) is 0 Å². The maximum Gasteiger partial charge on any atom is 0.321 e. The SMILES string of the molecule is Cc1nnc(NC(=O)NC[C@@H]2COc3ccccc3C2)s1. The smallest absolute Gasteiger partial charge is 0.321 e. The van der Waals surface area contributed by atoms with E-state index in [4.69, 9.17) is 4.74 Å². The summed E-state index contributed by atoms with van der Waals surface area (Å²) in [5, 5.41) is 14.6. The number of carbonyl (C=O) groups excluding carboxylic acids is 1. The van der Waals surface area contributed by atoms with E-state index in [0.29, 0.717) is 18.3 Å². The molecule has 3 rings (SSSR count). The Morgan fingerprint density at radius 3 is 3.10 bits per heavy atom. The molecule has 1 atom stereocenters. The van der Waals surface area contributed by atoms with Crippen molar-refractivity contribution in [2.75, 3.05) is 18.5 Å². The monoisotopic (exact) mass is 304 g/mol. The molecule has 1 aromatic carbocycles. The van der Waals surface area contributed by atoms with Crippen LogP contribution in [-0.2, 0) is 6.42 Å². The van der Waals surface area contributed by atoms with Gasteiger partial charge in [0.2, 0.25) is 5.13 Å². The number of hydrogen-bond acceptors (Lipinski definition) is 5. The fourth-order valence-electron chi connectivity index (χ4n) is 2.25. The molecule has 0 bridgehead atoms. The van der Waals surface area contributed by atoms with Crippen LogP contribution in [0.1, 0.15) is 10.6 Å². The molecule has 0 unspecified atom stereocenters. The Morgan fingerprint density at radius 1 is 1.43 bits per heavy atom. The molecular weight excluding hydrogens is 288 g/mol. The van der Waals surface area contributed by atoms with Gasteiger partial charge in [0.25, 0.3) is 0 Å². The summed E-state index contributed by atoms with van der Waals surface area (Å²) >= 11 is 1.35. The second-order valence-corrected chi connectivity index (χ2v) is 6.13. The van der Waals surface area contributed by atoms with Crippen molar-refractivity contribution in [1.82, 2.24) is 15.5 Å². The number of aromatic nitrogens is 2. The normalized spacial score (nSPS) is 16.7. The third kappa shape index (κ3) is 3.49. The topological polar surface area (TPSA) is 76.1 Å². The summed E-state index contributed by atoms with van der Waals surface area (Å²) in [4.78, 5) is 11.8. The molecule has 1 aliphatic heterocycles. The minimum absolute atomic E-state index is 0.259. The Balaban J connectivity index is 1.49. The van der Waals surface area contributed by atoms with Crippen LogP contribution in [0.3, 0.4) is 0 Å². The van der Waals surface area contributed by atoms with E-state index in [0.717, 1.165) is 17.2 Å². The quantitative estimate of drug-likeness (QED) is 0.911. The number of nitrogens with zero attached hydrogens (tertiary/aromatic N) is 2. The van der Waals surface area contributed by atoms with Crippen LogP contribution in [0.15, 0.2) is 24.3 Å². The van der Waals surface area contributed by atoms with Crippen molar-refractivity contribution in [3.63, 3.8) is 0 Å². The molecule has 0 spiro atoms. The highest BCUT2D eigenvalue weighted by Gasteiger charge is 2.20. The Kier molecular flexibility index (Phi) is 4.01. The van der Waals surface area contributed by atoms with Crippen LogP contribution in [0.5, 0.6) is 5.75 Å². The number of para-hydroxylation sites is 1. The number of amides is 2. The first kappa shape index (κ1) is 13.8. The van der Waals surface area contributed by atoms with E-state index in [1.807, 2.05) is 25.1 Å². The molecule has 110 valence electrons. The maximum atomic E-state index is 11.8. The van der Waals surface area contributed by atoms with Gasteiger partial charge in [0.15, 0.2) is 0 Å². The second-order valence-electron chi connectivity index (χ2n) is 4.95. The van der Waals surface area contributed by atoms with Crippen LogP contribution >= 0.6 is 11.3 Å². The zero-order chi connectivity index (χ0) is 14.7. The van der Waals surface area contributed by atoms with Gasteiger partial charge in [-0.1, -0.05) is 29.5 Å². The van der Waals surface area contributed by atoms with E-state index in [1.165, 1.54) is 16.9 Å². The molecule has 0 saturated carbocycles. The molecule has 6 nitrogen and oxygen atoms in total. The van der Waals surface area contributed by atoms with Gasteiger partial charge in [0, 0.05) is 12.5 Å². The van der Waals surface area contributed by atoms with Crippen molar-refractivity contribution in [2.45, 2.75) is 13.3 Å². The molecule has 2 aromatic rings. The fourth-order valence-corrected chi connectivity index (χ4v) is 2.83. The largest absolute Gasteiger partial charge is 0.493 e. The van der Waals surface area contributed by atoms with Gasteiger partial charge in [-0.15, -0.1) is 10.2 Å². The first-order chi connectivity index (χ1) is 10.2. The summed E-state index contributed by atoms with van der Waals surface area (Å²) in [7, 11) is 0. The van der Waals surface area contributed by atoms with Crippen LogP contribution in [0.2, 0.25) is 0 Å². The zero-order valence-corrected chi connectivity index (χ0v) is 12.4. The number of anilines is 1. The Morgan fingerprint density at radius 2 is 2.29 bits per heavy atom. The van der Waals surface area contributed by atoms with Gasteiger partial charge in [0.05, 0.1) is 6.61 Å². The second kappa shape index (κ2) is 6.09. The molecule has 2 heterocycles. The van der Waals surface area contributed by atoms with E-state index >= 15 is 0 Å². The van der Waals surface area contributed by atoms with Gasteiger partial charge in [-0.25, -0.2) is 4.79 Å². The van der Waals surface area contributed by atoms with Gasteiger partial charge >= 0.3 is 6.03 Å². The lowest BCUT2D eigenvalue weighted by Crippen LogP contribution is -2.37. The minimum atomic E-state index is -0.259. The lowest BCUT2D eigenvalue weighted by molar-refractivity contribution is 0.215. The van der Waals surface area contributed by atoms with E-state index in [9.17, 15) is 4.79 Å². The molecule has 2 amide bonds. The third-order valence-electron chi connectivity index (χ3n) is 3.25. The average molecular weight is 304 g/mol. The van der Waals surface area contributed by atoms with Crippen LogP contribution < -0.4 is 15.4 Å². The van der Waals surface area contributed by atoms with Gasteiger partial charge in [-0.05, 0) is 25.0 Å². The average Bonchev–Trinajstić information content (AvgIpc) is 2.90. The number of fused-ring (bicyclic) bond motifs is 1. The van der Waals surface area contributed by atoms with Gasteiger partial charge in [-0.3, -0.25) is 5.32 Å². The zero-order valence-electron chi connectivity index (χ0n) is 11.6. The van der Waals surface area contributed by atoms with E-state index < -0.39 is 0 Å². The summed E-state index contributed by atoms with van der Waals surface area (Å²) in [5.74, 6) is 1.23. The van der Waals surface area contributed by atoms with Crippen LogP contribution in [0.25, 0.3) is 0 Å². The predicted octanol–water partition coefficient (Wildman–Crippen LogP) is 2.22. The summed E-state index contributed by atoms with van der Waals surface area (Å²) < 4.78 is 5.70. The first-order valence-corrected chi connectivity index (χ1v) is 7.58. The van der Waals surface area contributed by atoms with Gasteiger partial charge in [0.1, 0.15) is 10.8 Å². The number of hydrogen-bond donors (Lipinski definition) is 2. The first-order valence-electron chi connectivity index (χ1n) is 6.76. The summed E-state index contributed by atoms with van der Waals surface area (Å²) in [6, 6.07) is 7.75. The molecule has 0 fully saturated rings. The van der Waals surface area contributed by atoms with Crippen molar-refractivity contribution in [3.8, 4) is 5.75 Å². The summed E-state index contributed by atoms with van der Waals surface area (Å²) in [6.07, 6.45) is 0.911. The van der Waals surface area contributed by atoms with Crippen LogP contribution in [0.4, 0.5) is 9.93 Å². The predicted molar refractivity (Wildman–Crippen MR) is 80.8 cm³/mol. The number of nitrogens with one attached hydrogen (secondary N) is 2. The maximum absolute atomic E-state index is 11.8. The molecular formula is C14H16N4O2S. The summed E-state index contributed by atoms with van der Waals surface area (Å²) in [6.45, 7) is 3.03. The standard InChI is InChI=1S/C14H16N4O2S/c1-9-17-18-14(21-9)16-13(19)15-7-10-6-11-4-2-3-5-12(11)20-8-10/h2-5,10H,6-8H2,1H3,(H2,15,16,18,19)/t10-/m1/s1. The van der Waals surface area contributed by atoms with Crippen molar-refractivity contribution in [3.05, 3.63) is 34.8 Å². The number of aryl methyl sites for hydroxylation is 1. The number of urea groups is 1. The molecule has 21 heavy (non-hydrogen) atoms. The van der Waals surface area contributed by atoms with Crippen molar-refractivity contribution in [1.29, 1.82) is 0 Å². The third-order valence-corrected chi connectivity index (χ3v) is 4.01. The number of carbonyl (C=O) groups is 1. The Labute approximate surface area is 126 Å². The van der Waals surface area contributed by atoms with E-state index in [2.05, 4.69) is 26.9 Å². The lowest BCUT2D eigenvalue weighted by atomic mass is 9.97. The molecule has 2 N–H and O–H groups in total. The summed E-state index contributed by atoms with van der Waals surface area (Å²) in [5.41, 5.74) is 1.19. The highest BCUT2D eigenvalue weighted by Crippen LogP contribution is 2.26. The lowest BCUT2D eigenvalue weighted by Gasteiger charge is -2.25. The van der Waals surface area contributed by atoms with Crippen LogP contribution in [0, 0.1) is 12.8 Å². The van der Waals surface area contributed by atoms with E-state index in [1.54, 1.807) is 0 Å². The molecule has 7 heteroatoms. The van der Waals surface area contributed by atoms with Crippen molar-refractivity contribution >= 4 is 22.5 Å². The van der Waals surface area contributed by atoms with E-state index in [-0.39, 0.29) is 11.9 Å². The Hall–Kier alpha value is -2.15. The van der Waals surface area contributed by atoms with Crippen LogP contribution in [-0.4, -0.2) is 29.4 Å². The Bertz CT molecular complexity index is 643. The fraction of sp³-hybridized carbons (Fsp3) is 0.357. The molecule has 0 radical (unpaired) electrons. The minimum Gasteiger partial charge on any atom is -0.493 e. The highest BCUT2D eigenvalue weighted by atomic mass is 32.1. The molecule has 0 aliphatic carbocycles. The molecule has 1 aliphatic rings. The van der Waals surface area contributed by atoms with Crippen molar-refractivity contribution in [2.24, 2.45) is 5.92 Å². The number of rotatable bonds is 3. The van der Waals surface area contributed by atoms with Crippen molar-refractivity contribution < 1.29 is 9.53 Å². The highest BCUT2D eigenvalue weighted by molar-refractivity contribution is 7.15. The molecule has 1 aromatic heterocycles. The molecule has 0 saturated heterocycles.